The number of ether oxygens (including phenoxy) is 2. The number of rotatable bonds is 8. The molecule has 3 rings (SSSR count). The number of alkyl halides is 3. The summed E-state index contributed by atoms with van der Waals surface area (Å²) in [5, 5.41) is 12.0. The SMILES string of the molecule is CCOc1ccccc1NC(=O)/C(C#N)=C/c1ccc(COc2cccc(C(F)(F)F)c2)o1. The number of hydrogen-bond acceptors (Lipinski definition) is 5. The number of nitrogens with zero attached hydrogens (tertiary/aromatic N) is 1. The summed E-state index contributed by atoms with van der Waals surface area (Å²) in [7, 11) is 0. The van der Waals surface area contributed by atoms with E-state index in [1.807, 2.05) is 13.0 Å². The van der Waals surface area contributed by atoms with Gasteiger partial charge in [0.2, 0.25) is 0 Å². The van der Waals surface area contributed by atoms with Gasteiger partial charge in [-0.3, -0.25) is 4.79 Å². The van der Waals surface area contributed by atoms with Crippen molar-refractivity contribution in [2.24, 2.45) is 0 Å². The Kier molecular flexibility index (Phi) is 7.41. The highest BCUT2D eigenvalue weighted by Gasteiger charge is 2.30. The van der Waals surface area contributed by atoms with Crippen molar-refractivity contribution in [3.8, 4) is 17.6 Å². The molecule has 170 valence electrons. The van der Waals surface area contributed by atoms with E-state index in [4.69, 9.17) is 13.9 Å². The summed E-state index contributed by atoms with van der Waals surface area (Å²) >= 11 is 0. The van der Waals surface area contributed by atoms with E-state index in [0.717, 1.165) is 12.1 Å². The number of hydrogen-bond donors (Lipinski definition) is 1. The highest BCUT2D eigenvalue weighted by molar-refractivity contribution is 6.10. The van der Waals surface area contributed by atoms with Crippen LogP contribution in [0.1, 0.15) is 24.0 Å². The molecule has 0 unspecified atom stereocenters. The van der Waals surface area contributed by atoms with E-state index >= 15 is 0 Å². The van der Waals surface area contributed by atoms with Crippen molar-refractivity contribution in [1.82, 2.24) is 0 Å². The van der Waals surface area contributed by atoms with Crippen molar-refractivity contribution >= 4 is 17.7 Å². The molecule has 0 saturated carbocycles. The van der Waals surface area contributed by atoms with E-state index in [-0.39, 0.29) is 23.7 Å². The van der Waals surface area contributed by atoms with Gasteiger partial charge in [0.25, 0.3) is 5.91 Å². The van der Waals surface area contributed by atoms with Crippen molar-refractivity contribution in [3.63, 3.8) is 0 Å². The van der Waals surface area contributed by atoms with Gasteiger partial charge in [0.15, 0.2) is 0 Å². The maximum absolute atomic E-state index is 12.8. The molecule has 0 saturated heterocycles. The molecule has 9 heteroatoms. The van der Waals surface area contributed by atoms with Crippen LogP contribution in [0, 0.1) is 11.3 Å². The van der Waals surface area contributed by atoms with E-state index in [1.165, 1.54) is 30.3 Å². The van der Waals surface area contributed by atoms with Gasteiger partial charge in [0.1, 0.15) is 41.3 Å². The zero-order chi connectivity index (χ0) is 23.8. The van der Waals surface area contributed by atoms with E-state index in [0.29, 0.717) is 23.8 Å². The van der Waals surface area contributed by atoms with Crippen LogP contribution in [0.2, 0.25) is 0 Å². The van der Waals surface area contributed by atoms with Gasteiger partial charge in [0, 0.05) is 6.08 Å². The number of halogens is 3. The van der Waals surface area contributed by atoms with Crippen LogP contribution < -0.4 is 14.8 Å². The molecule has 0 radical (unpaired) electrons. The Morgan fingerprint density at radius 1 is 1.12 bits per heavy atom. The Hall–Kier alpha value is -4.19. The molecule has 0 aliphatic carbocycles. The van der Waals surface area contributed by atoms with Crippen molar-refractivity contribution in [2.45, 2.75) is 19.7 Å². The standard InChI is InChI=1S/C24H19F3N2O4/c1-2-31-22-9-4-3-8-21(22)29-23(30)16(14-28)12-19-10-11-20(33-19)15-32-18-7-5-6-17(13-18)24(25,26)27/h3-13H,2,15H2,1H3,(H,29,30)/b16-12+. The summed E-state index contributed by atoms with van der Waals surface area (Å²) in [6.07, 6.45) is -3.22. The summed E-state index contributed by atoms with van der Waals surface area (Å²) in [6, 6.07) is 16.2. The van der Waals surface area contributed by atoms with Crippen molar-refractivity contribution in [3.05, 3.63) is 83.3 Å². The predicted molar refractivity (Wildman–Crippen MR) is 114 cm³/mol. The molecule has 0 spiro atoms. The number of carbonyl (C=O) groups excluding carboxylic acids is 1. The van der Waals surface area contributed by atoms with Gasteiger partial charge in [-0.15, -0.1) is 0 Å². The highest BCUT2D eigenvalue weighted by atomic mass is 19.4. The molecule has 1 amide bonds. The number of nitriles is 1. The van der Waals surface area contributed by atoms with Gasteiger partial charge < -0.3 is 19.2 Å². The monoisotopic (exact) mass is 456 g/mol. The highest BCUT2D eigenvalue weighted by Crippen LogP contribution is 2.31. The second-order valence-corrected chi connectivity index (χ2v) is 6.67. The Morgan fingerprint density at radius 2 is 1.91 bits per heavy atom. The zero-order valence-corrected chi connectivity index (χ0v) is 17.5. The third kappa shape index (κ3) is 6.40. The van der Waals surface area contributed by atoms with Crippen LogP contribution in [0.3, 0.4) is 0 Å². The van der Waals surface area contributed by atoms with Gasteiger partial charge in [-0.05, 0) is 49.4 Å². The van der Waals surface area contributed by atoms with Gasteiger partial charge in [-0.2, -0.15) is 18.4 Å². The molecule has 0 fully saturated rings. The first-order valence-electron chi connectivity index (χ1n) is 9.84. The molecule has 2 aromatic carbocycles. The Labute approximate surface area is 187 Å². The predicted octanol–water partition coefficient (Wildman–Crippen LogP) is 5.82. The Morgan fingerprint density at radius 3 is 2.64 bits per heavy atom. The second-order valence-electron chi connectivity index (χ2n) is 6.67. The smallest absolute Gasteiger partial charge is 0.416 e. The first-order valence-corrected chi connectivity index (χ1v) is 9.84. The number of para-hydroxylation sites is 2. The van der Waals surface area contributed by atoms with Crippen LogP contribution in [0.4, 0.5) is 18.9 Å². The lowest BCUT2D eigenvalue weighted by Crippen LogP contribution is -2.14. The fourth-order valence-electron chi connectivity index (χ4n) is 2.80. The zero-order valence-electron chi connectivity index (χ0n) is 17.5. The third-order valence-corrected chi connectivity index (χ3v) is 4.31. The molecule has 33 heavy (non-hydrogen) atoms. The quantitative estimate of drug-likeness (QED) is 0.341. The normalized spacial score (nSPS) is 11.5. The number of furan rings is 1. The molecule has 1 N–H and O–H groups in total. The molecule has 0 atom stereocenters. The molecule has 1 heterocycles. The van der Waals surface area contributed by atoms with Crippen molar-refractivity contribution < 1.29 is 31.9 Å². The van der Waals surface area contributed by atoms with Crippen LogP contribution in [0.25, 0.3) is 6.08 Å². The summed E-state index contributed by atoms with van der Waals surface area (Å²) in [6.45, 7) is 2.08. The lowest BCUT2D eigenvalue weighted by Gasteiger charge is -2.10. The Balaban J connectivity index is 1.67. The van der Waals surface area contributed by atoms with E-state index in [2.05, 4.69) is 5.32 Å². The molecule has 0 aliphatic heterocycles. The number of nitrogens with one attached hydrogen (secondary N) is 1. The molecule has 6 nitrogen and oxygen atoms in total. The minimum Gasteiger partial charge on any atom is -0.492 e. The van der Waals surface area contributed by atoms with Crippen molar-refractivity contribution in [2.75, 3.05) is 11.9 Å². The molecule has 3 aromatic rings. The first-order chi connectivity index (χ1) is 15.8. The lowest BCUT2D eigenvalue weighted by atomic mass is 10.2. The summed E-state index contributed by atoms with van der Waals surface area (Å²) in [5.74, 6) is 0.365. The van der Waals surface area contributed by atoms with Gasteiger partial charge in [-0.1, -0.05) is 18.2 Å². The molecular formula is C24H19F3N2O4. The summed E-state index contributed by atoms with van der Waals surface area (Å²) in [5.41, 5.74) is -0.611. The minimum atomic E-state index is -4.47. The summed E-state index contributed by atoms with van der Waals surface area (Å²) in [4.78, 5) is 12.5. The van der Waals surface area contributed by atoms with Gasteiger partial charge >= 0.3 is 6.18 Å². The average molecular weight is 456 g/mol. The van der Waals surface area contributed by atoms with E-state index < -0.39 is 17.6 Å². The molecule has 0 bridgehead atoms. The number of amides is 1. The number of benzene rings is 2. The van der Waals surface area contributed by atoms with E-state index in [1.54, 1.807) is 24.3 Å². The van der Waals surface area contributed by atoms with Crippen LogP contribution in [0.15, 0.2) is 70.7 Å². The number of anilines is 1. The fourth-order valence-corrected chi connectivity index (χ4v) is 2.80. The minimum absolute atomic E-state index is 0.0309. The maximum atomic E-state index is 12.8. The number of carbonyl (C=O) groups is 1. The maximum Gasteiger partial charge on any atom is 0.416 e. The topological polar surface area (TPSA) is 84.5 Å². The van der Waals surface area contributed by atoms with Gasteiger partial charge in [-0.25, -0.2) is 0 Å². The third-order valence-electron chi connectivity index (χ3n) is 4.31. The largest absolute Gasteiger partial charge is 0.492 e. The lowest BCUT2D eigenvalue weighted by molar-refractivity contribution is -0.137. The van der Waals surface area contributed by atoms with Crippen LogP contribution >= 0.6 is 0 Å². The molecule has 1 aromatic heterocycles. The molecule has 0 aliphatic rings. The second kappa shape index (κ2) is 10.4. The van der Waals surface area contributed by atoms with Crippen LogP contribution in [-0.4, -0.2) is 12.5 Å². The van der Waals surface area contributed by atoms with Crippen LogP contribution in [-0.2, 0) is 17.6 Å². The average Bonchev–Trinajstić information content (AvgIpc) is 3.24. The van der Waals surface area contributed by atoms with Crippen LogP contribution in [0.5, 0.6) is 11.5 Å². The molecular weight excluding hydrogens is 437 g/mol. The summed E-state index contributed by atoms with van der Waals surface area (Å²) < 4.78 is 54.8. The Bertz CT molecular complexity index is 1190. The van der Waals surface area contributed by atoms with Crippen molar-refractivity contribution in [1.29, 1.82) is 5.26 Å². The van der Waals surface area contributed by atoms with Gasteiger partial charge in [0.05, 0.1) is 17.9 Å². The first kappa shape index (κ1) is 23.5. The fraction of sp³-hybridized carbons (Fsp3) is 0.167. The van der Waals surface area contributed by atoms with E-state index in [9.17, 15) is 23.2 Å².